The highest BCUT2D eigenvalue weighted by Crippen LogP contribution is 2.05. The summed E-state index contributed by atoms with van der Waals surface area (Å²) in [4.78, 5) is 11.1. The molecule has 1 amide bonds. The Kier molecular flexibility index (Phi) is 3.28. The highest BCUT2D eigenvalue weighted by molar-refractivity contribution is 6.83. The number of para-hydroxylation sites is 1. The fourth-order valence-corrected chi connectivity index (χ4v) is 0.810. The zero-order valence-corrected chi connectivity index (χ0v) is 7.45. The van der Waals surface area contributed by atoms with E-state index in [2.05, 4.69) is 10.4 Å². The minimum absolute atomic E-state index is 0.274. The van der Waals surface area contributed by atoms with Crippen molar-refractivity contribution in [3.63, 3.8) is 0 Å². The number of nitrogens with one attached hydrogen (secondary N) is 1. The van der Waals surface area contributed by atoms with Gasteiger partial charge in [0.15, 0.2) is 0 Å². The maximum Gasteiger partial charge on any atom is 0.287 e. The Morgan fingerprint density at radius 2 is 2.00 bits per heavy atom. The first-order valence-corrected chi connectivity index (χ1v) is 3.91. The molecule has 0 spiro atoms. The molecule has 0 radical (unpaired) electrons. The second kappa shape index (κ2) is 4.47. The van der Waals surface area contributed by atoms with E-state index in [1.54, 1.807) is 24.3 Å². The van der Waals surface area contributed by atoms with Gasteiger partial charge in [0.1, 0.15) is 0 Å². The molecule has 0 fully saturated rings. The summed E-state index contributed by atoms with van der Waals surface area (Å²) < 4.78 is 0. The smallest absolute Gasteiger partial charge is 0.287 e. The molecule has 0 bridgehead atoms. The van der Waals surface area contributed by atoms with Crippen LogP contribution in [0.1, 0.15) is 0 Å². The van der Waals surface area contributed by atoms with Gasteiger partial charge in [0.25, 0.3) is 5.91 Å². The van der Waals surface area contributed by atoms with E-state index in [-0.39, 0.29) is 5.17 Å². The van der Waals surface area contributed by atoms with Gasteiger partial charge < -0.3 is 11.2 Å². The summed E-state index contributed by atoms with van der Waals surface area (Å²) in [5.74, 6) is 4.30. The predicted octanol–water partition coefficient (Wildman–Crippen LogP) is 1.14. The van der Waals surface area contributed by atoms with Crippen molar-refractivity contribution < 1.29 is 4.79 Å². The van der Waals surface area contributed by atoms with Crippen LogP contribution in [0, 0.1) is 0 Å². The van der Waals surface area contributed by atoms with Crippen LogP contribution >= 0.6 is 11.6 Å². The van der Waals surface area contributed by atoms with E-state index in [1.165, 1.54) is 0 Å². The van der Waals surface area contributed by atoms with E-state index in [0.29, 0.717) is 5.69 Å². The van der Waals surface area contributed by atoms with Crippen molar-refractivity contribution in [1.82, 2.24) is 0 Å². The van der Waals surface area contributed by atoms with Crippen molar-refractivity contribution in [1.29, 1.82) is 0 Å². The quantitative estimate of drug-likeness (QED) is 0.424. The number of halogens is 1. The first-order chi connectivity index (χ1) is 6.24. The van der Waals surface area contributed by atoms with Crippen molar-refractivity contribution in [2.45, 2.75) is 0 Å². The molecule has 0 aliphatic rings. The Labute approximate surface area is 80.4 Å². The molecule has 0 aromatic heterocycles. The number of carbonyl (C=O) groups excluding carboxylic acids is 1. The lowest BCUT2D eigenvalue weighted by Gasteiger charge is -2.01. The Hall–Kier alpha value is -1.55. The van der Waals surface area contributed by atoms with Gasteiger partial charge in [0.05, 0.1) is 0 Å². The van der Waals surface area contributed by atoms with E-state index in [4.69, 9.17) is 17.4 Å². The van der Waals surface area contributed by atoms with Crippen molar-refractivity contribution >= 4 is 28.4 Å². The van der Waals surface area contributed by atoms with E-state index in [0.717, 1.165) is 0 Å². The number of rotatable bonds is 2. The molecule has 13 heavy (non-hydrogen) atoms. The third-order valence-corrected chi connectivity index (χ3v) is 1.60. The van der Waals surface area contributed by atoms with Crippen LogP contribution < -0.4 is 11.2 Å². The molecule has 0 saturated carbocycles. The number of amides is 1. The standard InChI is InChI=1S/C8H8ClN3O/c9-7(12-10)8(13)11-6-4-2-1-3-5-6/h1-5H,10H2,(H,11,13). The number of carbonyl (C=O) groups is 1. The average Bonchev–Trinajstić information content (AvgIpc) is 2.18. The van der Waals surface area contributed by atoms with Crippen molar-refractivity contribution in [3.05, 3.63) is 30.3 Å². The molecule has 3 N–H and O–H groups in total. The van der Waals surface area contributed by atoms with Crippen LogP contribution in [0.3, 0.4) is 0 Å². The van der Waals surface area contributed by atoms with Crippen LogP contribution in [-0.4, -0.2) is 11.1 Å². The summed E-state index contributed by atoms with van der Waals surface area (Å²) in [6, 6.07) is 8.90. The SMILES string of the molecule is NN=C(Cl)C(=O)Nc1ccccc1. The molecule has 1 aromatic carbocycles. The van der Waals surface area contributed by atoms with Gasteiger partial charge >= 0.3 is 0 Å². The van der Waals surface area contributed by atoms with Crippen molar-refractivity contribution in [2.24, 2.45) is 10.9 Å². The largest absolute Gasteiger partial charge is 0.322 e. The minimum atomic E-state index is -0.518. The van der Waals surface area contributed by atoms with Crippen LogP contribution in [-0.2, 0) is 4.79 Å². The van der Waals surface area contributed by atoms with Gasteiger partial charge in [0, 0.05) is 5.69 Å². The van der Waals surface area contributed by atoms with Gasteiger partial charge in [-0.3, -0.25) is 4.79 Å². The van der Waals surface area contributed by atoms with Crippen LogP contribution in [0.5, 0.6) is 0 Å². The Morgan fingerprint density at radius 3 is 2.54 bits per heavy atom. The Morgan fingerprint density at radius 1 is 1.38 bits per heavy atom. The maximum atomic E-state index is 11.1. The van der Waals surface area contributed by atoms with Gasteiger partial charge in [0.2, 0.25) is 5.17 Å². The number of hydrazone groups is 1. The zero-order chi connectivity index (χ0) is 9.68. The predicted molar refractivity (Wildman–Crippen MR) is 52.5 cm³/mol. The molecule has 4 nitrogen and oxygen atoms in total. The molecule has 1 rings (SSSR count). The molecule has 0 atom stereocenters. The molecule has 1 aromatic rings. The summed E-state index contributed by atoms with van der Waals surface area (Å²) in [6.45, 7) is 0. The van der Waals surface area contributed by atoms with Crippen LogP contribution in [0.15, 0.2) is 35.4 Å². The highest BCUT2D eigenvalue weighted by Gasteiger charge is 2.06. The first kappa shape index (κ1) is 9.54. The maximum absolute atomic E-state index is 11.1. The number of nitrogens with two attached hydrogens (primary N) is 1. The summed E-state index contributed by atoms with van der Waals surface area (Å²) in [6.07, 6.45) is 0. The van der Waals surface area contributed by atoms with E-state index < -0.39 is 5.91 Å². The molecular formula is C8H8ClN3O. The molecule has 0 heterocycles. The van der Waals surface area contributed by atoms with Crippen molar-refractivity contribution in [3.8, 4) is 0 Å². The first-order valence-electron chi connectivity index (χ1n) is 3.54. The normalized spacial score (nSPS) is 11.0. The van der Waals surface area contributed by atoms with Gasteiger partial charge in [-0.05, 0) is 12.1 Å². The third kappa shape index (κ3) is 2.76. The fourth-order valence-electron chi connectivity index (χ4n) is 0.763. The molecule has 0 aliphatic heterocycles. The van der Waals surface area contributed by atoms with Gasteiger partial charge in [-0.15, -0.1) is 0 Å². The second-order valence-electron chi connectivity index (χ2n) is 2.24. The highest BCUT2D eigenvalue weighted by atomic mass is 35.5. The summed E-state index contributed by atoms with van der Waals surface area (Å²) in [5.41, 5.74) is 0.648. The number of benzene rings is 1. The minimum Gasteiger partial charge on any atom is -0.322 e. The summed E-state index contributed by atoms with van der Waals surface area (Å²) in [7, 11) is 0. The lowest BCUT2D eigenvalue weighted by Crippen LogP contribution is -2.19. The monoisotopic (exact) mass is 197 g/mol. The Bertz CT molecular complexity index is 323. The average molecular weight is 198 g/mol. The lowest BCUT2D eigenvalue weighted by atomic mass is 10.3. The van der Waals surface area contributed by atoms with Gasteiger partial charge in [-0.1, -0.05) is 29.8 Å². The molecule has 0 unspecified atom stereocenters. The zero-order valence-electron chi connectivity index (χ0n) is 6.70. The van der Waals surface area contributed by atoms with Gasteiger partial charge in [-0.25, -0.2) is 0 Å². The fraction of sp³-hybridized carbons (Fsp3) is 0. The number of hydrogen-bond acceptors (Lipinski definition) is 3. The lowest BCUT2D eigenvalue weighted by molar-refractivity contribution is -0.110. The second-order valence-corrected chi connectivity index (χ2v) is 2.60. The molecule has 0 aliphatic carbocycles. The van der Waals surface area contributed by atoms with E-state index in [1.807, 2.05) is 6.07 Å². The molecular weight excluding hydrogens is 190 g/mol. The van der Waals surface area contributed by atoms with Gasteiger partial charge in [-0.2, -0.15) is 5.10 Å². The number of hydrogen-bond donors (Lipinski definition) is 2. The molecule has 68 valence electrons. The third-order valence-electron chi connectivity index (χ3n) is 1.33. The Balaban J connectivity index is 2.66. The van der Waals surface area contributed by atoms with E-state index >= 15 is 0 Å². The summed E-state index contributed by atoms with van der Waals surface area (Å²) >= 11 is 5.38. The van der Waals surface area contributed by atoms with Crippen LogP contribution in [0.2, 0.25) is 0 Å². The van der Waals surface area contributed by atoms with Crippen LogP contribution in [0.25, 0.3) is 0 Å². The van der Waals surface area contributed by atoms with Crippen molar-refractivity contribution in [2.75, 3.05) is 5.32 Å². The number of nitrogens with zero attached hydrogens (tertiary/aromatic N) is 1. The number of anilines is 1. The summed E-state index contributed by atoms with van der Waals surface area (Å²) in [5, 5.41) is 5.29. The topological polar surface area (TPSA) is 67.5 Å². The molecule has 5 heteroatoms. The van der Waals surface area contributed by atoms with E-state index in [9.17, 15) is 4.79 Å². The molecule has 0 saturated heterocycles. The van der Waals surface area contributed by atoms with Crippen LogP contribution in [0.4, 0.5) is 5.69 Å².